The Hall–Kier alpha value is -1.85. The first-order valence-electron chi connectivity index (χ1n) is 9.70. The molecule has 4 nitrogen and oxygen atoms in total. The molecule has 0 bridgehead atoms. The highest BCUT2D eigenvalue weighted by atomic mass is 19.1. The molecule has 2 heterocycles. The average molecular weight is 355 g/mol. The predicted octanol–water partition coefficient (Wildman–Crippen LogP) is 3.35. The second-order valence-electron chi connectivity index (χ2n) is 7.37. The lowest BCUT2D eigenvalue weighted by atomic mass is 9.90. The van der Waals surface area contributed by atoms with Crippen LogP contribution in [0.4, 0.5) is 4.39 Å². The lowest BCUT2D eigenvalue weighted by molar-refractivity contribution is 0.0775. The minimum atomic E-state index is -0.144. The van der Waals surface area contributed by atoms with Crippen molar-refractivity contribution in [1.29, 1.82) is 0 Å². The maximum absolute atomic E-state index is 14.2. The van der Waals surface area contributed by atoms with E-state index in [4.69, 9.17) is 4.74 Å². The number of aromatic nitrogens is 2. The molecule has 2 aromatic rings. The van der Waals surface area contributed by atoms with Gasteiger partial charge >= 0.3 is 0 Å². The number of hydrogen-bond acceptors (Lipinski definition) is 4. The van der Waals surface area contributed by atoms with Crippen LogP contribution in [0.3, 0.4) is 0 Å². The Morgan fingerprint density at radius 1 is 1.15 bits per heavy atom. The van der Waals surface area contributed by atoms with Crippen molar-refractivity contribution in [1.82, 2.24) is 15.5 Å². The van der Waals surface area contributed by atoms with Crippen LogP contribution in [0.5, 0.6) is 0 Å². The van der Waals surface area contributed by atoms with Gasteiger partial charge in [0.1, 0.15) is 5.82 Å². The fourth-order valence-corrected chi connectivity index (χ4v) is 3.99. The first kappa shape index (κ1) is 17.6. The van der Waals surface area contributed by atoms with E-state index in [-0.39, 0.29) is 5.82 Å². The highest BCUT2D eigenvalue weighted by Crippen LogP contribution is 2.24. The summed E-state index contributed by atoms with van der Waals surface area (Å²) in [6.07, 6.45) is 9.25. The van der Waals surface area contributed by atoms with Crippen LogP contribution in [0.2, 0.25) is 0 Å². The lowest BCUT2D eigenvalue weighted by Crippen LogP contribution is -2.34. The summed E-state index contributed by atoms with van der Waals surface area (Å²) < 4.78 is 19.6. The molecule has 1 aliphatic carbocycles. The summed E-state index contributed by atoms with van der Waals surface area (Å²) in [4.78, 5) is 0. The fourth-order valence-electron chi connectivity index (χ4n) is 3.99. The van der Waals surface area contributed by atoms with E-state index in [0.717, 1.165) is 62.1 Å². The minimum Gasteiger partial charge on any atom is -0.381 e. The van der Waals surface area contributed by atoms with Gasteiger partial charge in [-0.3, -0.25) is 0 Å². The number of hydrogen-bond donors (Lipinski definition) is 1. The zero-order valence-electron chi connectivity index (χ0n) is 15.1. The van der Waals surface area contributed by atoms with E-state index in [0.29, 0.717) is 12.6 Å². The molecule has 1 aliphatic heterocycles. The number of aryl methyl sites for hydroxylation is 1. The summed E-state index contributed by atoms with van der Waals surface area (Å²) in [6.45, 7) is 2.14. The van der Waals surface area contributed by atoms with Gasteiger partial charge in [0.2, 0.25) is 0 Å². The number of nitrogens with one attached hydrogen (secondary N) is 1. The highest BCUT2D eigenvalue weighted by molar-refractivity contribution is 5.35. The van der Waals surface area contributed by atoms with Crippen molar-refractivity contribution in [3.8, 4) is 0 Å². The Labute approximate surface area is 154 Å². The molecule has 5 heteroatoms. The number of rotatable bonds is 5. The molecule has 2 aliphatic rings. The highest BCUT2D eigenvalue weighted by Gasteiger charge is 2.17. The van der Waals surface area contributed by atoms with Gasteiger partial charge in [0, 0.05) is 37.8 Å². The topological polar surface area (TPSA) is 47.0 Å². The Balaban J connectivity index is 1.47. The van der Waals surface area contributed by atoms with E-state index in [1.165, 1.54) is 24.0 Å². The number of halogens is 1. The van der Waals surface area contributed by atoms with E-state index in [1.54, 1.807) is 6.07 Å². The summed E-state index contributed by atoms with van der Waals surface area (Å²) in [6, 6.07) is 5.85. The maximum atomic E-state index is 14.2. The van der Waals surface area contributed by atoms with Gasteiger partial charge in [-0.15, -0.1) is 0 Å². The van der Waals surface area contributed by atoms with Crippen LogP contribution in [0.1, 0.15) is 53.6 Å². The van der Waals surface area contributed by atoms with Crippen LogP contribution < -0.4 is 5.32 Å². The van der Waals surface area contributed by atoms with Crippen molar-refractivity contribution >= 4 is 0 Å². The monoisotopic (exact) mass is 355 g/mol. The molecule has 1 N–H and O–H groups in total. The third-order valence-electron chi connectivity index (χ3n) is 5.54. The summed E-state index contributed by atoms with van der Waals surface area (Å²) >= 11 is 0. The molecule has 1 saturated heterocycles. The van der Waals surface area contributed by atoms with E-state index in [2.05, 4.69) is 15.5 Å². The molecule has 138 valence electrons. The van der Waals surface area contributed by atoms with Gasteiger partial charge in [-0.05, 0) is 61.3 Å². The number of ether oxygens (including phenoxy) is 1. The third-order valence-corrected chi connectivity index (χ3v) is 5.54. The molecule has 0 spiro atoms. The molecule has 26 heavy (non-hydrogen) atoms. The molecule has 0 atom stereocenters. The van der Waals surface area contributed by atoms with Crippen molar-refractivity contribution in [2.75, 3.05) is 13.2 Å². The van der Waals surface area contributed by atoms with Crippen molar-refractivity contribution in [3.05, 3.63) is 58.2 Å². The first-order valence-corrected chi connectivity index (χ1v) is 9.70. The summed E-state index contributed by atoms with van der Waals surface area (Å²) in [5.74, 6) is -0.144. The Morgan fingerprint density at radius 2 is 2.00 bits per heavy atom. The van der Waals surface area contributed by atoms with Crippen LogP contribution in [-0.2, 0) is 30.5 Å². The summed E-state index contributed by atoms with van der Waals surface area (Å²) in [7, 11) is 0. The maximum Gasteiger partial charge on any atom is 0.127 e. The van der Waals surface area contributed by atoms with E-state index < -0.39 is 0 Å². The molecule has 4 rings (SSSR count). The normalized spacial score (nSPS) is 17.9. The second kappa shape index (κ2) is 8.23. The number of nitrogens with zero attached hydrogens (tertiary/aromatic N) is 2. The van der Waals surface area contributed by atoms with Gasteiger partial charge in [-0.25, -0.2) is 4.39 Å². The fraction of sp³-hybridized carbons (Fsp3) is 0.524. The van der Waals surface area contributed by atoms with Crippen LogP contribution in [-0.4, -0.2) is 29.5 Å². The van der Waals surface area contributed by atoms with E-state index >= 15 is 0 Å². The van der Waals surface area contributed by atoms with Gasteiger partial charge in [0.05, 0.1) is 11.9 Å². The first-order chi connectivity index (χ1) is 12.8. The number of fused-ring (bicyclic) bond motifs is 1. The molecule has 0 amide bonds. The third kappa shape index (κ3) is 4.10. The zero-order chi connectivity index (χ0) is 17.8. The Kier molecular flexibility index (Phi) is 5.56. The van der Waals surface area contributed by atoms with Crippen molar-refractivity contribution in [2.45, 2.75) is 57.5 Å². The number of benzene rings is 1. The standard InChI is InChI=1S/C21H26FN3O/c22-20-6-5-15(11-17(20)13-23-18-7-9-26-10-8-18)12-21-19-4-2-1-3-16(19)14-24-25-21/h5-6,11,14,18,23H,1-4,7-10,12-13H2. The quantitative estimate of drug-likeness (QED) is 0.893. The second-order valence-corrected chi connectivity index (χ2v) is 7.37. The SMILES string of the molecule is Fc1ccc(Cc2nncc3c2CCCC3)cc1CNC1CCOCC1. The van der Waals surface area contributed by atoms with Gasteiger partial charge in [0.25, 0.3) is 0 Å². The van der Waals surface area contributed by atoms with Crippen LogP contribution in [0.15, 0.2) is 24.4 Å². The predicted molar refractivity (Wildman–Crippen MR) is 98.6 cm³/mol. The summed E-state index contributed by atoms with van der Waals surface area (Å²) in [5.41, 5.74) is 5.58. The molecule has 0 radical (unpaired) electrons. The molecular weight excluding hydrogens is 329 g/mol. The molecule has 0 saturated carbocycles. The molecule has 1 fully saturated rings. The van der Waals surface area contributed by atoms with Gasteiger partial charge < -0.3 is 10.1 Å². The smallest absolute Gasteiger partial charge is 0.127 e. The van der Waals surface area contributed by atoms with Gasteiger partial charge in [-0.2, -0.15) is 10.2 Å². The van der Waals surface area contributed by atoms with E-state index in [9.17, 15) is 4.39 Å². The Morgan fingerprint density at radius 3 is 2.88 bits per heavy atom. The van der Waals surface area contributed by atoms with Crippen LogP contribution in [0, 0.1) is 5.82 Å². The lowest BCUT2D eigenvalue weighted by Gasteiger charge is -2.23. The Bertz CT molecular complexity index is 759. The zero-order valence-corrected chi connectivity index (χ0v) is 15.1. The summed E-state index contributed by atoms with van der Waals surface area (Å²) in [5, 5.41) is 12.0. The average Bonchev–Trinajstić information content (AvgIpc) is 2.69. The molecule has 1 aromatic heterocycles. The van der Waals surface area contributed by atoms with Crippen molar-refractivity contribution < 1.29 is 9.13 Å². The van der Waals surface area contributed by atoms with Crippen LogP contribution >= 0.6 is 0 Å². The van der Waals surface area contributed by atoms with Crippen molar-refractivity contribution in [2.24, 2.45) is 0 Å². The van der Waals surface area contributed by atoms with Gasteiger partial charge in [-0.1, -0.05) is 12.1 Å². The minimum absolute atomic E-state index is 0.144. The van der Waals surface area contributed by atoms with Gasteiger partial charge in [0.15, 0.2) is 0 Å². The van der Waals surface area contributed by atoms with Crippen molar-refractivity contribution in [3.63, 3.8) is 0 Å². The molecule has 0 unspecified atom stereocenters. The van der Waals surface area contributed by atoms with Crippen LogP contribution in [0.25, 0.3) is 0 Å². The molecule has 1 aromatic carbocycles. The molecular formula is C21H26FN3O. The largest absolute Gasteiger partial charge is 0.381 e. The van der Waals surface area contributed by atoms with E-state index in [1.807, 2.05) is 18.3 Å².